The SMILES string of the molecule is Oc1ccccc1-c1cc(C2Cc3ccccc3CC2c2ccccc2)nn1-c1ccccc1. The fourth-order valence-corrected chi connectivity index (χ4v) is 5.30. The van der Waals surface area contributed by atoms with Gasteiger partial charge in [-0.25, -0.2) is 4.68 Å². The maximum atomic E-state index is 10.7. The smallest absolute Gasteiger partial charge is 0.124 e. The van der Waals surface area contributed by atoms with Crippen LogP contribution < -0.4 is 0 Å². The molecule has 1 aromatic heterocycles. The highest BCUT2D eigenvalue weighted by molar-refractivity contribution is 5.69. The van der Waals surface area contributed by atoms with Crippen molar-refractivity contribution in [2.45, 2.75) is 24.7 Å². The standard InChI is InChI=1S/C31H26N2O/c34-31-18-10-9-17-26(31)30-21-29(32-33(30)25-15-5-2-6-16-25)28-20-24-14-8-7-13-23(24)19-27(28)22-11-3-1-4-12-22/h1-18,21,27-28,34H,19-20H2. The van der Waals surface area contributed by atoms with Crippen LogP contribution in [0.15, 0.2) is 115 Å². The van der Waals surface area contributed by atoms with Crippen LogP contribution in [0.3, 0.4) is 0 Å². The first-order valence-corrected chi connectivity index (χ1v) is 11.8. The van der Waals surface area contributed by atoms with Gasteiger partial charge in [-0.15, -0.1) is 0 Å². The molecule has 0 saturated heterocycles. The molecule has 4 aromatic carbocycles. The lowest BCUT2D eigenvalue weighted by Crippen LogP contribution is -2.23. The maximum Gasteiger partial charge on any atom is 0.124 e. The van der Waals surface area contributed by atoms with Gasteiger partial charge < -0.3 is 5.11 Å². The summed E-state index contributed by atoms with van der Waals surface area (Å²) in [4.78, 5) is 0. The van der Waals surface area contributed by atoms with Gasteiger partial charge in [-0.1, -0.05) is 84.9 Å². The molecule has 1 aliphatic carbocycles. The van der Waals surface area contributed by atoms with Gasteiger partial charge in [-0.05, 0) is 65.8 Å². The van der Waals surface area contributed by atoms with Gasteiger partial charge in [-0.2, -0.15) is 5.10 Å². The van der Waals surface area contributed by atoms with Crippen LogP contribution in [0.4, 0.5) is 0 Å². The Kier molecular flexibility index (Phi) is 5.23. The van der Waals surface area contributed by atoms with E-state index < -0.39 is 0 Å². The molecule has 1 aliphatic rings. The molecule has 5 aromatic rings. The Morgan fingerprint density at radius 3 is 1.94 bits per heavy atom. The monoisotopic (exact) mass is 442 g/mol. The van der Waals surface area contributed by atoms with Gasteiger partial charge in [0, 0.05) is 11.5 Å². The molecule has 1 heterocycles. The molecule has 2 unspecified atom stereocenters. The van der Waals surface area contributed by atoms with E-state index in [9.17, 15) is 5.11 Å². The second-order valence-electron chi connectivity index (χ2n) is 9.02. The van der Waals surface area contributed by atoms with Gasteiger partial charge in [0.1, 0.15) is 5.75 Å². The summed E-state index contributed by atoms with van der Waals surface area (Å²) in [5, 5.41) is 15.8. The van der Waals surface area contributed by atoms with E-state index in [0.717, 1.165) is 35.5 Å². The minimum atomic E-state index is 0.242. The number of aromatic hydroxyl groups is 1. The normalized spacial score (nSPS) is 17.3. The number of hydrogen-bond donors (Lipinski definition) is 1. The first kappa shape index (κ1) is 20.5. The molecule has 6 rings (SSSR count). The number of phenolic OH excluding ortho intramolecular Hbond substituents is 1. The van der Waals surface area contributed by atoms with E-state index in [4.69, 9.17) is 5.10 Å². The van der Waals surface area contributed by atoms with Crippen LogP contribution in [0.5, 0.6) is 5.75 Å². The molecule has 3 heteroatoms. The minimum Gasteiger partial charge on any atom is -0.507 e. The Morgan fingerprint density at radius 1 is 0.647 bits per heavy atom. The van der Waals surface area contributed by atoms with Crippen LogP contribution in [0.2, 0.25) is 0 Å². The molecule has 0 amide bonds. The molecule has 0 radical (unpaired) electrons. The van der Waals surface area contributed by atoms with Gasteiger partial charge in [-0.3, -0.25) is 0 Å². The summed E-state index contributed by atoms with van der Waals surface area (Å²) in [5.74, 6) is 0.846. The third-order valence-electron chi connectivity index (χ3n) is 7.00. The molecule has 0 bridgehead atoms. The number of hydrogen-bond acceptors (Lipinski definition) is 2. The summed E-state index contributed by atoms with van der Waals surface area (Å²) in [6, 6.07) is 39.5. The van der Waals surface area contributed by atoms with Crippen molar-refractivity contribution in [3.63, 3.8) is 0 Å². The second kappa shape index (κ2) is 8.68. The van der Waals surface area contributed by atoms with Crippen LogP contribution in [0.25, 0.3) is 16.9 Å². The number of aromatic nitrogens is 2. The summed E-state index contributed by atoms with van der Waals surface area (Å²) in [6.45, 7) is 0. The third kappa shape index (κ3) is 3.69. The lowest BCUT2D eigenvalue weighted by molar-refractivity contribution is 0.477. The topological polar surface area (TPSA) is 38.1 Å². The van der Waals surface area contributed by atoms with Crippen LogP contribution in [0.1, 0.15) is 34.2 Å². The Labute approximate surface area is 200 Å². The molecular weight excluding hydrogens is 416 g/mol. The van der Waals surface area contributed by atoms with E-state index in [1.807, 2.05) is 41.1 Å². The van der Waals surface area contributed by atoms with Crippen molar-refractivity contribution in [2.24, 2.45) is 0 Å². The highest BCUT2D eigenvalue weighted by Gasteiger charge is 2.33. The van der Waals surface area contributed by atoms with Gasteiger partial charge in [0.2, 0.25) is 0 Å². The van der Waals surface area contributed by atoms with E-state index in [0.29, 0.717) is 5.92 Å². The van der Waals surface area contributed by atoms with Gasteiger partial charge in [0.05, 0.1) is 17.1 Å². The quantitative estimate of drug-likeness (QED) is 0.328. The van der Waals surface area contributed by atoms with E-state index in [-0.39, 0.29) is 11.7 Å². The molecule has 0 aliphatic heterocycles. The van der Waals surface area contributed by atoms with Crippen LogP contribution in [0, 0.1) is 0 Å². The Morgan fingerprint density at radius 2 is 1.24 bits per heavy atom. The highest BCUT2D eigenvalue weighted by Crippen LogP contribution is 2.44. The molecular formula is C31H26N2O. The average molecular weight is 443 g/mol. The zero-order valence-corrected chi connectivity index (χ0v) is 18.9. The van der Waals surface area contributed by atoms with Gasteiger partial charge in [0.15, 0.2) is 0 Å². The Balaban J connectivity index is 1.52. The number of fused-ring (bicyclic) bond motifs is 1. The van der Waals surface area contributed by atoms with Crippen molar-refractivity contribution < 1.29 is 5.11 Å². The summed E-state index contributed by atoms with van der Waals surface area (Å²) in [5.41, 5.74) is 7.92. The third-order valence-corrected chi connectivity index (χ3v) is 7.00. The summed E-state index contributed by atoms with van der Waals surface area (Å²) < 4.78 is 1.98. The van der Waals surface area contributed by atoms with Crippen molar-refractivity contribution in [1.29, 1.82) is 0 Å². The molecule has 0 saturated carbocycles. The summed E-state index contributed by atoms with van der Waals surface area (Å²) in [6.07, 6.45) is 1.94. The number of nitrogens with zero attached hydrogens (tertiary/aromatic N) is 2. The van der Waals surface area contributed by atoms with Crippen LogP contribution in [-0.4, -0.2) is 14.9 Å². The molecule has 1 N–H and O–H groups in total. The van der Waals surface area contributed by atoms with E-state index in [2.05, 4.69) is 72.8 Å². The number of rotatable bonds is 4. The second-order valence-corrected chi connectivity index (χ2v) is 9.02. The van der Waals surface area contributed by atoms with Crippen molar-refractivity contribution in [2.75, 3.05) is 0 Å². The highest BCUT2D eigenvalue weighted by atomic mass is 16.3. The molecule has 3 nitrogen and oxygen atoms in total. The van der Waals surface area contributed by atoms with E-state index in [1.165, 1.54) is 16.7 Å². The van der Waals surface area contributed by atoms with Crippen LogP contribution >= 0.6 is 0 Å². The van der Waals surface area contributed by atoms with Crippen molar-refractivity contribution >= 4 is 0 Å². The Bertz CT molecular complexity index is 1420. The molecule has 34 heavy (non-hydrogen) atoms. The maximum absolute atomic E-state index is 10.7. The van der Waals surface area contributed by atoms with Crippen molar-refractivity contribution in [1.82, 2.24) is 9.78 Å². The molecule has 2 atom stereocenters. The minimum absolute atomic E-state index is 0.242. The summed E-state index contributed by atoms with van der Waals surface area (Å²) in [7, 11) is 0. The lowest BCUT2D eigenvalue weighted by atomic mass is 9.71. The first-order chi connectivity index (χ1) is 16.8. The predicted octanol–water partition coefficient (Wildman–Crippen LogP) is 6.91. The van der Waals surface area contributed by atoms with E-state index >= 15 is 0 Å². The largest absolute Gasteiger partial charge is 0.507 e. The number of benzene rings is 4. The summed E-state index contributed by atoms with van der Waals surface area (Å²) >= 11 is 0. The lowest BCUT2D eigenvalue weighted by Gasteiger charge is -2.32. The first-order valence-electron chi connectivity index (χ1n) is 11.8. The Hall–Kier alpha value is -4.11. The molecule has 166 valence electrons. The predicted molar refractivity (Wildman–Crippen MR) is 136 cm³/mol. The fourth-order valence-electron chi connectivity index (χ4n) is 5.30. The zero-order chi connectivity index (χ0) is 22.9. The fraction of sp³-hybridized carbons (Fsp3) is 0.129. The molecule has 0 spiro atoms. The van der Waals surface area contributed by atoms with Crippen molar-refractivity contribution in [3.05, 3.63) is 138 Å². The number of phenols is 1. The average Bonchev–Trinajstić information content (AvgIpc) is 3.34. The van der Waals surface area contributed by atoms with Crippen molar-refractivity contribution in [3.8, 4) is 22.7 Å². The molecule has 0 fully saturated rings. The zero-order valence-electron chi connectivity index (χ0n) is 18.9. The van der Waals surface area contributed by atoms with E-state index in [1.54, 1.807) is 6.07 Å². The van der Waals surface area contributed by atoms with Crippen LogP contribution in [-0.2, 0) is 12.8 Å². The van der Waals surface area contributed by atoms with Gasteiger partial charge >= 0.3 is 0 Å². The van der Waals surface area contributed by atoms with Gasteiger partial charge in [0.25, 0.3) is 0 Å². The number of para-hydroxylation sites is 2.